The zero-order chi connectivity index (χ0) is 18.2. The third kappa shape index (κ3) is 3.20. The van der Waals surface area contributed by atoms with Gasteiger partial charge in [-0.3, -0.25) is 4.79 Å². The zero-order valence-electron chi connectivity index (χ0n) is 13.5. The number of rotatable bonds is 2. The Morgan fingerprint density at radius 1 is 1.04 bits per heavy atom. The molecule has 0 atom stereocenters. The average Bonchev–Trinajstić information content (AvgIpc) is 2.68. The van der Waals surface area contributed by atoms with Gasteiger partial charge in [0.15, 0.2) is 0 Å². The standard InChI is InChI=1S/C19H14F3NO2/c1-11-10-14-15(19(20,21)22)4-3-5-16(14)23-18(24)17(11)12-6-8-13(25-2)9-7-12/h3-10H,1-2H3. The molecular weight excluding hydrogens is 331 g/mol. The van der Waals surface area contributed by atoms with Gasteiger partial charge in [-0.2, -0.15) is 13.2 Å². The molecule has 0 saturated heterocycles. The first-order chi connectivity index (χ1) is 11.8. The number of halogens is 3. The second-order valence-electron chi connectivity index (χ2n) is 5.58. The summed E-state index contributed by atoms with van der Waals surface area (Å²) in [6, 6.07) is 11.7. The Balaban J connectivity index is 2.33. The van der Waals surface area contributed by atoms with Crippen molar-refractivity contribution in [2.45, 2.75) is 13.1 Å². The highest BCUT2D eigenvalue weighted by Crippen LogP contribution is 2.34. The summed E-state index contributed by atoms with van der Waals surface area (Å²) in [5.41, 5.74) is -0.0948. The average molecular weight is 345 g/mol. The molecule has 3 aromatic rings. The van der Waals surface area contributed by atoms with Crippen LogP contribution in [0.15, 0.2) is 53.3 Å². The molecule has 128 valence electrons. The molecule has 0 bridgehead atoms. The fourth-order valence-corrected chi connectivity index (χ4v) is 2.78. The fraction of sp³-hybridized carbons (Fsp3) is 0.158. The van der Waals surface area contributed by atoms with Crippen molar-refractivity contribution in [1.29, 1.82) is 0 Å². The molecule has 1 heterocycles. The number of hydrogen-bond donors (Lipinski definition) is 0. The molecule has 0 aliphatic carbocycles. The van der Waals surface area contributed by atoms with Crippen LogP contribution in [0.2, 0.25) is 0 Å². The first-order valence-corrected chi connectivity index (χ1v) is 7.47. The summed E-state index contributed by atoms with van der Waals surface area (Å²) in [6.07, 6.45) is -4.52. The van der Waals surface area contributed by atoms with Crippen LogP contribution in [-0.4, -0.2) is 12.1 Å². The van der Waals surface area contributed by atoms with E-state index in [1.54, 1.807) is 31.2 Å². The summed E-state index contributed by atoms with van der Waals surface area (Å²) in [6.45, 7) is 1.61. The van der Waals surface area contributed by atoms with Crippen molar-refractivity contribution in [3.63, 3.8) is 0 Å². The number of hydrogen-bond acceptors (Lipinski definition) is 3. The van der Waals surface area contributed by atoms with Crippen LogP contribution in [0, 0.1) is 6.92 Å². The topological polar surface area (TPSA) is 39.2 Å². The van der Waals surface area contributed by atoms with Gasteiger partial charge in [0.25, 0.3) is 5.56 Å². The van der Waals surface area contributed by atoms with E-state index in [0.717, 1.165) is 6.07 Å². The molecule has 0 amide bonds. The molecule has 0 fully saturated rings. The maximum absolute atomic E-state index is 13.3. The molecule has 25 heavy (non-hydrogen) atoms. The largest absolute Gasteiger partial charge is 0.497 e. The zero-order valence-corrected chi connectivity index (χ0v) is 13.5. The number of benzene rings is 2. The number of aryl methyl sites for hydroxylation is 1. The molecule has 3 nitrogen and oxygen atoms in total. The predicted octanol–water partition coefficient (Wildman–Crippen LogP) is 4.60. The molecule has 0 aliphatic rings. The summed E-state index contributed by atoms with van der Waals surface area (Å²) < 4.78 is 44.9. The minimum atomic E-state index is -4.52. The molecule has 0 spiro atoms. The molecule has 0 aliphatic heterocycles. The molecule has 0 unspecified atom stereocenters. The van der Waals surface area contributed by atoms with E-state index in [4.69, 9.17) is 4.74 Å². The fourth-order valence-electron chi connectivity index (χ4n) is 2.78. The molecule has 0 radical (unpaired) electrons. The maximum atomic E-state index is 13.3. The Bertz CT molecular complexity index is 996. The third-order valence-electron chi connectivity index (χ3n) is 3.96. The highest BCUT2D eigenvalue weighted by Gasteiger charge is 2.32. The lowest BCUT2D eigenvalue weighted by atomic mass is 10.0. The van der Waals surface area contributed by atoms with Gasteiger partial charge in [-0.15, -0.1) is 0 Å². The molecule has 6 heteroatoms. The monoisotopic (exact) mass is 345 g/mol. The van der Waals surface area contributed by atoms with Gasteiger partial charge < -0.3 is 4.74 Å². The van der Waals surface area contributed by atoms with Gasteiger partial charge in [0, 0.05) is 5.39 Å². The minimum Gasteiger partial charge on any atom is -0.497 e. The highest BCUT2D eigenvalue weighted by atomic mass is 19.4. The molecule has 1 aromatic heterocycles. The van der Waals surface area contributed by atoms with E-state index in [9.17, 15) is 18.0 Å². The normalized spacial score (nSPS) is 11.6. The molecule has 2 aromatic carbocycles. The Hall–Kier alpha value is -2.89. The van der Waals surface area contributed by atoms with Gasteiger partial charge >= 0.3 is 6.18 Å². The van der Waals surface area contributed by atoms with Crippen molar-refractivity contribution in [3.05, 3.63) is 70.0 Å². The van der Waals surface area contributed by atoms with Crippen molar-refractivity contribution in [2.75, 3.05) is 7.11 Å². The third-order valence-corrected chi connectivity index (χ3v) is 3.96. The van der Waals surface area contributed by atoms with Crippen molar-refractivity contribution in [2.24, 2.45) is 0 Å². The van der Waals surface area contributed by atoms with Crippen molar-refractivity contribution in [3.8, 4) is 16.9 Å². The number of methoxy groups -OCH3 is 1. The van der Waals surface area contributed by atoms with E-state index >= 15 is 0 Å². The summed E-state index contributed by atoms with van der Waals surface area (Å²) in [5.74, 6) is 0.617. The lowest BCUT2D eigenvalue weighted by molar-refractivity contribution is -0.136. The summed E-state index contributed by atoms with van der Waals surface area (Å²) in [4.78, 5) is 16.5. The van der Waals surface area contributed by atoms with E-state index in [2.05, 4.69) is 4.98 Å². The summed E-state index contributed by atoms with van der Waals surface area (Å²) in [5, 5.41) is -0.0932. The lowest BCUT2D eigenvalue weighted by Crippen LogP contribution is -2.07. The highest BCUT2D eigenvalue weighted by molar-refractivity contribution is 5.84. The minimum absolute atomic E-state index is 0.0164. The van der Waals surface area contributed by atoms with E-state index < -0.39 is 17.3 Å². The van der Waals surface area contributed by atoms with Gasteiger partial charge in [-0.25, -0.2) is 4.98 Å². The first kappa shape index (κ1) is 17.0. The molecular formula is C19H14F3NO2. The van der Waals surface area contributed by atoms with Crippen LogP contribution >= 0.6 is 0 Å². The quantitative estimate of drug-likeness (QED) is 0.681. The SMILES string of the molecule is COc1ccc(-c2c(C)cc3c(C(F)(F)F)cccc3nc2=O)cc1. The van der Waals surface area contributed by atoms with Crippen molar-refractivity contribution < 1.29 is 17.9 Å². The molecule has 0 N–H and O–H groups in total. The van der Waals surface area contributed by atoms with Crippen LogP contribution in [0.1, 0.15) is 11.1 Å². The Morgan fingerprint density at radius 2 is 1.72 bits per heavy atom. The molecule has 0 saturated carbocycles. The first-order valence-electron chi connectivity index (χ1n) is 7.47. The van der Waals surface area contributed by atoms with Gasteiger partial charge in [-0.05, 0) is 48.4 Å². The van der Waals surface area contributed by atoms with Gasteiger partial charge in [0.05, 0.1) is 23.8 Å². The molecule has 3 rings (SSSR count). The Kier molecular flexibility index (Phi) is 4.20. The number of ether oxygens (including phenoxy) is 1. The van der Waals surface area contributed by atoms with Gasteiger partial charge in [0.1, 0.15) is 5.75 Å². The number of alkyl halides is 3. The second-order valence-corrected chi connectivity index (χ2v) is 5.58. The van der Waals surface area contributed by atoms with Crippen LogP contribution in [-0.2, 0) is 6.18 Å². The van der Waals surface area contributed by atoms with E-state index in [-0.39, 0.29) is 16.5 Å². The van der Waals surface area contributed by atoms with E-state index in [1.165, 1.54) is 25.3 Å². The summed E-state index contributed by atoms with van der Waals surface area (Å²) >= 11 is 0. The van der Waals surface area contributed by atoms with Crippen LogP contribution in [0.5, 0.6) is 5.75 Å². The second kappa shape index (κ2) is 6.20. The predicted molar refractivity (Wildman–Crippen MR) is 89.7 cm³/mol. The Morgan fingerprint density at radius 3 is 2.32 bits per heavy atom. The number of fused-ring (bicyclic) bond motifs is 1. The summed E-state index contributed by atoms with van der Waals surface area (Å²) in [7, 11) is 1.52. The van der Waals surface area contributed by atoms with Gasteiger partial charge in [0.2, 0.25) is 0 Å². The van der Waals surface area contributed by atoms with Crippen molar-refractivity contribution >= 4 is 10.9 Å². The number of aromatic nitrogens is 1. The van der Waals surface area contributed by atoms with Crippen LogP contribution in [0.4, 0.5) is 13.2 Å². The maximum Gasteiger partial charge on any atom is 0.417 e. The van der Waals surface area contributed by atoms with Crippen LogP contribution in [0.25, 0.3) is 22.0 Å². The Labute approximate surface area is 141 Å². The van der Waals surface area contributed by atoms with Crippen molar-refractivity contribution in [1.82, 2.24) is 4.98 Å². The van der Waals surface area contributed by atoms with E-state index in [1.807, 2.05) is 0 Å². The van der Waals surface area contributed by atoms with Crippen LogP contribution in [0.3, 0.4) is 0 Å². The van der Waals surface area contributed by atoms with Crippen LogP contribution < -0.4 is 10.3 Å². The smallest absolute Gasteiger partial charge is 0.417 e. The van der Waals surface area contributed by atoms with Gasteiger partial charge in [-0.1, -0.05) is 18.2 Å². The number of nitrogens with zero attached hydrogens (tertiary/aromatic N) is 1. The lowest BCUT2D eigenvalue weighted by Gasteiger charge is -2.08. The van der Waals surface area contributed by atoms with E-state index in [0.29, 0.717) is 16.9 Å².